The van der Waals surface area contributed by atoms with E-state index in [0.717, 1.165) is 0 Å². The van der Waals surface area contributed by atoms with Crippen molar-refractivity contribution >= 4 is 0 Å². The Kier molecular flexibility index (Phi) is 5.73. The Morgan fingerprint density at radius 2 is 0.302 bits per heavy atom. The van der Waals surface area contributed by atoms with Crippen molar-refractivity contribution < 1.29 is 0 Å². The molecular formula is C63H36. The third-order valence-electron chi connectivity index (χ3n) is 16.3. The Morgan fingerprint density at radius 1 is 0.159 bits per heavy atom. The van der Waals surface area contributed by atoms with Gasteiger partial charge in [0.2, 0.25) is 0 Å². The summed E-state index contributed by atoms with van der Waals surface area (Å²) in [5.74, 6) is 0. The molecule has 0 radical (unpaired) electrons. The Bertz CT molecular complexity index is 3210. The standard InChI is InChI=1S/C63H36/c1-10-28-46-37(19-1)38-20-2-11-29-47(38)61(46)52-34-16-7-25-43(52)55-58(61)56-44-26-8-17-35-53(44)62(48-30-12-3-21-39(48)40-22-4-13-31-49(40)62)60(56)57-45-27-9-18-36-54(45)63(59(55)57)50-32-14-5-23-41(50)42-24-6-15-33-51(42)63/h1-36H. The van der Waals surface area contributed by atoms with Gasteiger partial charge in [0, 0.05) is 0 Å². The lowest BCUT2D eigenvalue weighted by Crippen LogP contribution is -2.31. The van der Waals surface area contributed by atoms with E-state index in [9.17, 15) is 0 Å². The molecule has 0 aromatic heterocycles. The van der Waals surface area contributed by atoms with Crippen molar-refractivity contribution in [3.63, 3.8) is 0 Å². The average molecular weight is 793 g/mol. The maximum absolute atomic E-state index is 2.47. The highest BCUT2D eigenvalue weighted by Crippen LogP contribution is 2.76. The van der Waals surface area contributed by atoms with Crippen LogP contribution < -0.4 is 0 Å². The molecule has 0 aliphatic heterocycles. The molecule has 0 amide bonds. The smallest absolute Gasteiger partial charge is 0.0619 e. The highest BCUT2D eigenvalue weighted by Gasteiger charge is 2.64. The fraction of sp³-hybridized carbons (Fsp3) is 0.0476. The Morgan fingerprint density at radius 3 is 0.492 bits per heavy atom. The highest BCUT2D eigenvalue weighted by atomic mass is 14.6. The Balaban J connectivity index is 1.24. The monoisotopic (exact) mass is 792 g/mol. The van der Waals surface area contributed by atoms with E-state index in [4.69, 9.17) is 0 Å². The van der Waals surface area contributed by atoms with Crippen LogP contribution in [0.25, 0.3) is 66.8 Å². The normalized spacial score (nSPS) is 16.0. The zero-order valence-electron chi connectivity index (χ0n) is 34.3. The van der Waals surface area contributed by atoms with Crippen LogP contribution in [0.5, 0.6) is 0 Å². The van der Waals surface area contributed by atoms with Crippen LogP contribution >= 0.6 is 0 Å². The second kappa shape index (κ2) is 11.0. The van der Waals surface area contributed by atoms with Crippen LogP contribution in [0.4, 0.5) is 0 Å². The van der Waals surface area contributed by atoms with Crippen molar-refractivity contribution in [3.05, 3.63) is 285 Å². The molecule has 63 heavy (non-hydrogen) atoms. The van der Waals surface area contributed by atoms with Gasteiger partial charge in [-0.3, -0.25) is 0 Å². The number of benzene rings is 10. The molecule has 10 aromatic rings. The minimum absolute atomic E-state index is 0.567. The minimum Gasteiger partial charge on any atom is -0.0619 e. The van der Waals surface area contributed by atoms with Gasteiger partial charge >= 0.3 is 0 Å². The van der Waals surface area contributed by atoms with Gasteiger partial charge in [-0.25, -0.2) is 0 Å². The van der Waals surface area contributed by atoms with Gasteiger partial charge in [0.05, 0.1) is 16.2 Å². The molecule has 10 aromatic carbocycles. The first kappa shape index (κ1) is 32.9. The van der Waals surface area contributed by atoms with Crippen molar-refractivity contribution in [1.29, 1.82) is 0 Å². The molecule has 0 saturated carbocycles. The van der Waals surface area contributed by atoms with E-state index >= 15 is 0 Å². The van der Waals surface area contributed by atoms with Gasteiger partial charge in [-0.1, -0.05) is 218 Å². The molecular weight excluding hydrogens is 757 g/mol. The van der Waals surface area contributed by atoms with Crippen LogP contribution in [0, 0.1) is 0 Å². The van der Waals surface area contributed by atoms with Gasteiger partial charge in [-0.15, -0.1) is 0 Å². The summed E-state index contributed by atoms with van der Waals surface area (Å²) in [6, 6.07) is 84.5. The molecule has 0 nitrogen and oxygen atoms in total. The maximum Gasteiger partial charge on any atom is 0.0731 e. The topological polar surface area (TPSA) is 0 Å². The number of hydrogen-bond donors (Lipinski definition) is 0. The predicted molar refractivity (Wildman–Crippen MR) is 255 cm³/mol. The summed E-state index contributed by atoms with van der Waals surface area (Å²) in [7, 11) is 0. The van der Waals surface area contributed by atoms with Gasteiger partial charge < -0.3 is 0 Å². The lowest BCUT2D eigenvalue weighted by Gasteiger charge is -2.37. The van der Waals surface area contributed by atoms with E-state index in [1.807, 2.05) is 0 Å². The molecule has 6 aliphatic rings. The van der Waals surface area contributed by atoms with E-state index in [0.29, 0.717) is 0 Å². The van der Waals surface area contributed by atoms with Crippen molar-refractivity contribution in [3.8, 4) is 66.8 Å². The van der Waals surface area contributed by atoms with Crippen LogP contribution in [0.15, 0.2) is 218 Å². The first-order valence-corrected chi connectivity index (χ1v) is 22.4. The third-order valence-corrected chi connectivity index (χ3v) is 16.3. The summed E-state index contributed by atoms with van der Waals surface area (Å²) in [6.07, 6.45) is 0. The summed E-state index contributed by atoms with van der Waals surface area (Å²) >= 11 is 0. The van der Waals surface area contributed by atoms with Gasteiger partial charge in [-0.05, 0) is 134 Å². The van der Waals surface area contributed by atoms with E-state index in [-0.39, 0.29) is 0 Å². The van der Waals surface area contributed by atoms with Gasteiger partial charge in [-0.2, -0.15) is 0 Å². The molecule has 288 valence electrons. The SMILES string of the molecule is c1ccc2c(c1)-c1ccccc1C21c2ccccc2-c2c1c1c(c3c2C2(c4ccccc4-c4ccccc42)c2ccccc2-3)C2(c3ccccc3-c3ccccc32)c2ccccc2-1. The van der Waals surface area contributed by atoms with Crippen LogP contribution in [-0.2, 0) is 16.2 Å². The Hall–Kier alpha value is -7.80. The molecule has 0 heterocycles. The van der Waals surface area contributed by atoms with Crippen LogP contribution in [0.2, 0.25) is 0 Å². The van der Waals surface area contributed by atoms with Gasteiger partial charge in [0.15, 0.2) is 0 Å². The van der Waals surface area contributed by atoms with E-state index in [2.05, 4.69) is 218 Å². The molecule has 3 spiro atoms. The zero-order chi connectivity index (χ0) is 40.8. The fourth-order valence-electron chi connectivity index (χ4n) is 14.6. The maximum atomic E-state index is 2.47. The second-order valence-electron chi connectivity index (χ2n) is 18.4. The summed E-state index contributed by atoms with van der Waals surface area (Å²) in [5, 5.41) is 0. The van der Waals surface area contributed by atoms with Crippen molar-refractivity contribution in [2.45, 2.75) is 16.2 Å². The first-order chi connectivity index (χ1) is 31.3. The van der Waals surface area contributed by atoms with Crippen LogP contribution in [0.1, 0.15) is 66.8 Å². The summed E-state index contributed by atoms with van der Waals surface area (Å²) < 4.78 is 0. The van der Waals surface area contributed by atoms with Crippen LogP contribution in [-0.4, -0.2) is 0 Å². The summed E-state index contributed by atoms with van der Waals surface area (Å²) in [4.78, 5) is 0. The van der Waals surface area contributed by atoms with E-state index in [1.165, 1.54) is 134 Å². The Labute approximate surface area is 366 Å². The fourth-order valence-corrected chi connectivity index (χ4v) is 14.6. The minimum atomic E-state index is -0.567. The van der Waals surface area contributed by atoms with E-state index in [1.54, 1.807) is 0 Å². The average Bonchev–Trinajstić information content (AvgIpc) is 4.16. The van der Waals surface area contributed by atoms with E-state index < -0.39 is 16.2 Å². The molecule has 0 N–H and O–H groups in total. The molecule has 0 saturated heterocycles. The van der Waals surface area contributed by atoms with Crippen molar-refractivity contribution in [2.24, 2.45) is 0 Å². The quantitative estimate of drug-likeness (QED) is 0.143. The molecule has 16 rings (SSSR count). The highest BCUT2D eigenvalue weighted by molar-refractivity contribution is 6.12. The molecule has 0 unspecified atom stereocenters. The first-order valence-electron chi connectivity index (χ1n) is 22.4. The van der Waals surface area contributed by atoms with Gasteiger partial charge in [0.1, 0.15) is 0 Å². The molecule has 0 bridgehead atoms. The third kappa shape index (κ3) is 3.31. The van der Waals surface area contributed by atoms with Crippen molar-refractivity contribution in [2.75, 3.05) is 0 Å². The van der Waals surface area contributed by atoms with Gasteiger partial charge in [0.25, 0.3) is 0 Å². The van der Waals surface area contributed by atoms with Crippen molar-refractivity contribution in [1.82, 2.24) is 0 Å². The molecule has 0 atom stereocenters. The van der Waals surface area contributed by atoms with Crippen LogP contribution in [0.3, 0.4) is 0 Å². The molecule has 0 heteroatoms. The number of fused-ring (bicyclic) bond motifs is 33. The second-order valence-corrected chi connectivity index (χ2v) is 18.4. The number of rotatable bonds is 0. The predicted octanol–water partition coefficient (Wildman–Crippen LogP) is 14.7. The summed E-state index contributed by atoms with van der Waals surface area (Å²) in [5.41, 5.74) is 31.2. The largest absolute Gasteiger partial charge is 0.0731 e. The number of hydrogen-bond acceptors (Lipinski definition) is 0. The molecule has 0 fully saturated rings. The summed E-state index contributed by atoms with van der Waals surface area (Å²) in [6.45, 7) is 0. The zero-order valence-corrected chi connectivity index (χ0v) is 34.3. The molecule has 6 aliphatic carbocycles. The lowest BCUT2D eigenvalue weighted by molar-refractivity contribution is 0.764. The lowest BCUT2D eigenvalue weighted by atomic mass is 9.63.